The minimum Gasteiger partial charge on any atom is -0.329 e. The lowest BCUT2D eigenvalue weighted by Crippen LogP contribution is -2.03. The van der Waals surface area contributed by atoms with Gasteiger partial charge in [-0.05, 0) is 41.5 Å². The molecule has 25 heavy (non-hydrogen) atoms. The van der Waals surface area contributed by atoms with E-state index in [0.717, 1.165) is 35.1 Å². The zero-order valence-electron chi connectivity index (χ0n) is 13.2. The molecule has 0 saturated heterocycles. The maximum absolute atomic E-state index is 5.93. The van der Waals surface area contributed by atoms with Crippen LogP contribution in [0, 0.1) is 0 Å². The lowest BCUT2D eigenvalue weighted by molar-refractivity contribution is 0.701. The number of rotatable bonds is 5. The lowest BCUT2D eigenvalue weighted by atomic mass is 10.1. The molecule has 7 nitrogen and oxygen atoms in total. The van der Waals surface area contributed by atoms with Crippen molar-refractivity contribution in [2.24, 2.45) is 0 Å². The smallest absolute Gasteiger partial charge is 0.204 e. The maximum atomic E-state index is 5.93. The number of aromatic amines is 1. The largest absolute Gasteiger partial charge is 0.329 e. The Morgan fingerprint density at radius 2 is 1.92 bits per heavy atom. The molecule has 0 aliphatic rings. The van der Waals surface area contributed by atoms with E-state index in [1.54, 1.807) is 12.4 Å². The monoisotopic (exact) mass is 351 g/mol. The minimum atomic E-state index is 0.530. The molecule has 0 bridgehead atoms. The Hall–Kier alpha value is -3.06. The predicted octanol–water partition coefficient (Wildman–Crippen LogP) is 3.02. The fourth-order valence-electron chi connectivity index (χ4n) is 2.60. The second kappa shape index (κ2) is 6.82. The number of hydrogen-bond acceptors (Lipinski definition) is 5. The molecule has 3 aromatic heterocycles. The highest BCUT2D eigenvalue weighted by molar-refractivity contribution is 6.30. The number of benzene rings is 1. The third-order valence-corrected chi connectivity index (χ3v) is 4.11. The van der Waals surface area contributed by atoms with E-state index in [-0.39, 0.29) is 0 Å². The maximum Gasteiger partial charge on any atom is 0.204 e. The first-order valence-corrected chi connectivity index (χ1v) is 8.13. The van der Waals surface area contributed by atoms with Gasteiger partial charge in [0.15, 0.2) is 5.82 Å². The van der Waals surface area contributed by atoms with Crippen molar-refractivity contribution < 1.29 is 0 Å². The van der Waals surface area contributed by atoms with E-state index < -0.39 is 0 Å². The average Bonchev–Trinajstić information content (AvgIpc) is 3.33. The number of nitrogens with zero attached hydrogens (tertiary/aromatic N) is 6. The predicted molar refractivity (Wildman–Crippen MR) is 93.8 cm³/mol. The molecule has 0 spiro atoms. The first kappa shape index (κ1) is 15.5. The van der Waals surface area contributed by atoms with Crippen LogP contribution in [-0.4, -0.2) is 35.2 Å². The summed E-state index contributed by atoms with van der Waals surface area (Å²) in [5, 5.41) is 14.8. The van der Waals surface area contributed by atoms with Gasteiger partial charge in [-0.2, -0.15) is 5.21 Å². The molecule has 0 aliphatic heterocycles. The van der Waals surface area contributed by atoms with Gasteiger partial charge < -0.3 is 4.57 Å². The minimum absolute atomic E-state index is 0.530. The van der Waals surface area contributed by atoms with Gasteiger partial charge in [-0.15, -0.1) is 10.2 Å². The molecule has 1 N–H and O–H groups in total. The van der Waals surface area contributed by atoms with Gasteiger partial charge in [-0.25, -0.2) is 4.98 Å². The van der Waals surface area contributed by atoms with Gasteiger partial charge in [0.2, 0.25) is 5.82 Å². The molecule has 0 aliphatic carbocycles. The van der Waals surface area contributed by atoms with Crippen LogP contribution in [-0.2, 0) is 13.0 Å². The van der Waals surface area contributed by atoms with Crippen molar-refractivity contribution in [3.63, 3.8) is 0 Å². The summed E-state index contributed by atoms with van der Waals surface area (Å²) in [6.07, 6.45) is 6.33. The SMILES string of the molecule is Clc1ccc(CCn2ccnc2-c2cc(-c3nn[nH]n3)ccn2)cc1. The Balaban J connectivity index is 1.57. The molecule has 0 saturated carbocycles. The highest BCUT2D eigenvalue weighted by Crippen LogP contribution is 2.21. The van der Waals surface area contributed by atoms with Crippen LogP contribution < -0.4 is 0 Å². The number of H-pyrrole nitrogens is 1. The highest BCUT2D eigenvalue weighted by atomic mass is 35.5. The third kappa shape index (κ3) is 3.41. The highest BCUT2D eigenvalue weighted by Gasteiger charge is 2.10. The fraction of sp³-hybridized carbons (Fsp3) is 0.118. The number of aryl methyl sites for hydroxylation is 2. The van der Waals surface area contributed by atoms with E-state index in [0.29, 0.717) is 5.82 Å². The molecule has 0 fully saturated rings. The Labute approximate surface area is 148 Å². The van der Waals surface area contributed by atoms with Crippen LogP contribution in [0.15, 0.2) is 55.0 Å². The van der Waals surface area contributed by atoms with Gasteiger partial charge in [-0.1, -0.05) is 23.7 Å². The second-order valence-electron chi connectivity index (χ2n) is 5.49. The summed E-state index contributed by atoms with van der Waals surface area (Å²) in [4.78, 5) is 8.88. The number of hydrogen-bond donors (Lipinski definition) is 1. The molecule has 1 aromatic carbocycles. The van der Waals surface area contributed by atoms with E-state index >= 15 is 0 Å². The molecule has 3 heterocycles. The number of imidazole rings is 1. The van der Waals surface area contributed by atoms with Gasteiger partial charge >= 0.3 is 0 Å². The molecule has 8 heteroatoms. The van der Waals surface area contributed by atoms with Crippen molar-refractivity contribution in [1.82, 2.24) is 35.2 Å². The van der Waals surface area contributed by atoms with Gasteiger partial charge in [-0.3, -0.25) is 4.98 Å². The Morgan fingerprint density at radius 3 is 2.72 bits per heavy atom. The average molecular weight is 352 g/mol. The van der Waals surface area contributed by atoms with Gasteiger partial charge in [0.05, 0.1) is 0 Å². The van der Waals surface area contributed by atoms with Crippen LogP contribution in [0.25, 0.3) is 22.9 Å². The zero-order chi connectivity index (χ0) is 17.1. The summed E-state index contributed by atoms with van der Waals surface area (Å²) < 4.78 is 2.08. The normalized spacial score (nSPS) is 10.9. The first-order valence-electron chi connectivity index (χ1n) is 7.75. The first-order chi connectivity index (χ1) is 12.3. The van der Waals surface area contributed by atoms with Crippen molar-refractivity contribution in [2.75, 3.05) is 0 Å². The van der Waals surface area contributed by atoms with Crippen LogP contribution in [0.4, 0.5) is 0 Å². The van der Waals surface area contributed by atoms with Crippen LogP contribution >= 0.6 is 11.6 Å². The number of pyridine rings is 1. The number of aromatic nitrogens is 7. The van der Waals surface area contributed by atoms with Crippen LogP contribution in [0.2, 0.25) is 5.02 Å². The summed E-state index contributed by atoms with van der Waals surface area (Å²) in [5.41, 5.74) is 2.83. The summed E-state index contributed by atoms with van der Waals surface area (Å²) >= 11 is 5.93. The van der Waals surface area contributed by atoms with Crippen molar-refractivity contribution in [1.29, 1.82) is 0 Å². The fourth-order valence-corrected chi connectivity index (χ4v) is 2.73. The van der Waals surface area contributed by atoms with Crippen molar-refractivity contribution >= 4 is 11.6 Å². The Morgan fingerprint density at radius 1 is 1.04 bits per heavy atom. The summed E-state index contributed by atoms with van der Waals surface area (Å²) in [5.74, 6) is 1.34. The Bertz CT molecular complexity index is 961. The zero-order valence-corrected chi connectivity index (χ0v) is 13.9. The third-order valence-electron chi connectivity index (χ3n) is 3.86. The topological polar surface area (TPSA) is 85.2 Å². The van der Waals surface area contributed by atoms with E-state index in [2.05, 4.69) is 35.2 Å². The van der Waals surface area contributed by atoms with E-state index in [1.807, 2.05) is 42.6 Å². The number of tetrazole rings is 1. The molecular formula is C17H14ClN7. The molecule has 4 aromatic rings. The van der Waals surface area contributed by atoms with Crippen molar-refractivity contribution in [2.45, 2.75) is 13.0 Å². The summed E-state index contributed by atoms with van der Waals surface area (Å²) in [6.45, 7) is 0.797. The molecule has 0 amide bonds. The molecule has 124 valence electrons. The quantitative estimate of drug-likeness (QED) is 0.597. The van der Waals surface area contributed by atoms with Crippen molar-refractivity contribution in [3.8, 4) is 22.9 Å². The summed E-state index contributed by atoms with van der Waals surface area (Å²) in [7, 11) is 0. The standard InChI is InChI=1S/C17H14ClN7/c18-14-3-1-12(2-4-14)6-9-25-10-8-20-17(25)15-11-13(5-7-19-15)16-21-23-24-22-16/h1-5,7-8,10-11H,6,9H2,(H,21,22,23,24). The number of nitrogens with one attached hydrogen (secondary N) is 1. The molecular weight excluding hydrogens is 338 g/mol. The van der Waals surface area contributed by atoms with Crippen molar-refractivity contribution in [3.05, 3.63) is 65.6 Å². The van der Waals surface area contributed by atoms with Gasteiger partial charge in [0, 0.05) is 35.7 Å². The summed E-state index contributed by atoms with van der Waals surface area (Å²) in [6, 6.07) is 11.6. The van der Waals surface area contributed by atoms with E-state index in [9.17, 15) is 0 Å². The second-order valence-corrected chi connectivity index (χ2v) is 5.92. The molecule has 0 radical (unpaired) electrons. The molecule has 4 rings (SSSR count). The van der Waals surface area contributed by atoms with Gasteiger partial charge in [0.1, 0.15) is 5.69 Å². The molecule has 0 atom stereocenters. The Kier molecular flexibility index (Phi) is 4.22. The van der Waals surface area contributed by atoms with Gasteiger partial charge in [0.25, 0.3) is 0 Å². The van der Waals surface area contributed by atoms with E-state index in [4.69, 9.17) is 11.6 Å². The number of halogens is 1. The lowest BCUT2D eigenvalue weighted by Gasteiger charge is -2.08. The van der Waals surface area contributed by atoms with Crippen LogP contribution in [0.1, 0.15) is 5.56 Å². The van der Waals surface area contributed by atoms with Crippen LogP contribution in [0.5, 0.6) is 0 Å². The van der Waals surface area contributed by atoms with Crippen LogP contribution in [0.3, 0.4) is 0 Å². The molecule has 0 unspecified atom stereocenters. The van der Waals surface area contributed by atoms with E-state index in [1.165, 1.54) is 5.56 Å².